The monoisotopic (exact) mass is 325 g/mol. The summed E-state index contributed by atoms with van der Waals surface area (Å²) in [5, 5.41) is 26.9. The van der Waals surface area contributed by atoms with E-state index >= 15 is 0 Å². The van der Waals surface area contributed by atoms with Crippen molar-refractivity contribution in [2.45, 2.75) is 12.0 Å². The van der Waals surface area contributed by atoms with Gasteiger partial charge in [-0.15, -0.1) is 0 Å². The van der Waals surface area contributed by atoms with Crippen LogP contribution in [0.25, 0.3) is 0 Å². The summed E-state index contributed by atoms with van der Waals surface area (Å²) < 4.78 is 26.4. The van der Waals surface area contributed by atoms with Crippen LogP contribution >= 0.6 is 15.9 Å². The first-order valence-corrected chi connectivity index (χ1v) is 5.50. The maximum absolute atomic E-state index is 13.2. The maximum Gasteiger partial charge on any atom is 0.335 e. The standard InChI is InChI=1S/C10H10BrF2NO4/c11-6-2-4(9(17)18)1-5(7(6)16)8(14)10(12,13)3-15/h1-2,8,15-16H,3,14H2,(H,17,18)/t8-/m0/s1. The van der Waals surface area contributed by atoms with Gasteiger partial charge in [0.05, 0.1) is 10.0 Å². The largest absolute Gasteiger partial charge is 0.506 e. The fraction of sp³-hybridized carbons (Fsp3) is 0.300. The molecule has 0 bridgehead atoms. The Labute approximate surface area is 109 Å². The number of rotatable bonds is 4. The lowest BCUT2D eigenvalue weighted by Crippen LogP contribution is -2.36. The third-order valence-electron chi connectivity index (χ3n) is 2.34. The Kier molecular flexibility index (Phi) is 4.25. The van der Waals surface area contributed by atoms with E-state index in [4.69, 9.17) is 15.9 Å². The van der Waals surface area contributed by atoms with Crippen LogP contribution < -0.4 is 5.73 Å². The van der Waals surface area contributed by atoms with Crippen LogP contribution in [0.3, 0.4) is 0 Å². The Balaban J connectivity index is 3.35. The van der Waals surface area contributed by atoms with Crippen LogP contribution in [-0.2, 0) is 0 Å². The van der Waals surface area contributed by atoms with Gasteiger partial charge in [0, 0.05) is 5.56 Å². The molecule has 0 aliphatic rings. The summed E-state index contributed by atoms with van der Waals surface area (Å²) in [6.07, 6.45) is 0. The number of hydrogen-bond donors (Lipinski definition) is 4. The molecule has 1 aromatic carbocycles. The molecule has 5 N–H and O–H groups in total. The van der Waals surface area contributed by atoms with E-state index in [0.717, 1.165) is 12.1 Å². The first kappa shape index (κ1) is 14.8. The van der Waals surface area contributed by atoms with Crippen LogP contribution in [0.4, 0.5) is 8.78 Å². The number of aliphatic hydroxyl groups excluding tert-OH is 1. The lowest BCUT2D eigenvalue weighted by atomic mass is 9.98. The second-order valence-corrected chi connectivity index (χ2v) is 4.45. The minimum atomic E-state index is -3.67. The van der Waals surface area contributed by atoms with Gasteiger partial charge in [-0.25, -0.2) is 13.6 Å². The molecule has 1 rings (SSSR count). The summed E-state index contributed by atoms with van der Waals surface area (Å²) in [7, 11) is 0. The molecule has 0 saturated carbocycles. The van der Waals surface area contributed by atoms with Crippen molar-refractivity contribution in [3.8, 4) is 5.75 Å². The molecule has 0 aliphatic heterocycles. The molecule has 0 saturated heterocycles. The van der Waals surface area contributed by atoms with Crippen LogP contribution in [-0.4, -0.2) is 33.8 Å². The van der Waals surface area contributed by atoms with E-state index in [1.54, 1.807) is 0 Å². The van der Waals surface area contributed by atoms with Gasteiger partial charge in [0.15, 0.2) is 0 Å². The Morgan fingerprint density at radius 3 is 2.50 bits per heavy atom. The zero-order valence-electron chi connectivity index (χ0n) is 8.90. The van der Waals surface area contributed by atoms with Crippen molar-refractivity contribution in [2.75, 3.05) is 6.61 Å². The fourth-order valence-electron chi connectivity index (χ4n) is 1.31. The van der Waals surface area contributed by atoms with E-state index in [1.165, 1.54) is 0 Å². The fourth-order valence-corrected chi connectivity index (χ4v) is 1.78. The number of alkyl halides is 2. The first-order chi connectivity index (χ1) is 8.20. The number of aromatic carboxylic acids is 1. The molecule has 0 amide bonds. The van der Waals surface area contributed by atoms with Crippen molar-refractivity contribution < 1.29 is 28.9 Å². The molecule has 8 heteroatoms. The van der Waals surface area contributed by atoms with Crippen molar-refractivity contribution in [2.24, 2.45) is 5.73 Å². The topological polar surface area (TPSA) is 104 Å². The van der Waals surface area contributed by atoms with Crippen molar-refractivity contribution in [3.63, 3.8) is 0 Å². The predicted molar refractivity (Wildman–Crippen MR) is 61.7 cm³/mol. The van der Waals surface area contributed by atoms with Gasteiger partial charge >= 0.3 is 5.97 Å². The number of nitrogens with two attached hydrogens (primary N) is 1. The van der Waals surface area contributed by atoms with E-state index in [9.17, 15) is 18.7 Å². The predicted octanol–water partition coefficient (Wildman–Crippen LogP) is 1.48. The lowest BCUT2D eigenvalue weighted by molar-refractivity contribution is -0.0716. The molecule has 0 aromatic heterocycles. The molecular weight excluding hydrogens is 316 g/mol. The van der Waals surface area contributed by atoms with Gasteiger partial charge in [0.2, 0.25) is 0 Å². The van der Waals surface area contributed by atoms with Crippen LogP contribution in [0.1, 0.15) is 22.0 Å². The molecule has 0 spiro atoms. The zero-order valence-corrected chi connectivity index (χ0v) is 10.5. The number of halogens is 3. The quantitative estimate of drug-likeness (QED) is 0.671. The molecule has 0 fully saturated rings. The van der Waals surface area contributed by atoms with E-state index < -0.39 is 35.9 Å². The highest BCUT2D eigenvalue weighted by atomic mass is 79.9. The third kappa shape index (κ3) is 2.77. The minimum absolute atomic E-state index is 0.0680. The highest BCUT2D eigenvalue weighted by Gasteiger charge is 2.39. The molecular formula is C10H10BrF2NO4. The van der Waals surface area contributed by atoms with Crippen molar-refractivity contribution in [1.29, 1.82) is 0 Å². The Morgan fingerprint density at radius 2 is 2.06 bits per heavy atom. The summed E-state index contributed by atoms with van der Waals surface area (Å²) in [6.45, 7) is -1.51. The zero-order chi connectivity index (χ0) is 14.1. The van der Waals surface area contributed by atoms with E-state index in [1.807, 2.05) is 0 Å². The summed E-state index contributed by atoms with van der Waals surface area (Å²) in [4.78, 5) is 10.8. The Bertz CT molecular complexity index is 481. The van der Waals surface area contributed by atoms with Crippen LogP contribution in [0.2, 0.25) is 0 Å². The SMILES string of the molecule is N[C@@H](c1cc(C(=O)O)cc(Br)c1O)C(F)(F)CO. The number of aromatic hydroxyl groups is 1. The molecule has 0 radical (unpaired) electrons. The van der Waals surface area contributed by atoms with Gasteiger partial charge in [-0.2, -0.15) is 0 Å². The Morgan fingerprint density at radius 1 is 1.50 bits per heavy atom. The minimum Gasteiger partial charge on any atom is -0.506 e. The number of phenols is 1. The van der Waals surface area contributed by atoms with Gasteiger partial charge < -0.3 is 21.1 Å². The molecule has 0 unspecified atom stereocenters. The maximum atomic E-state index is 13.2. The number of carboxylic acids is 1. The van der Waals surface area contributed by atoms with Crippen LogP contribution in [0.5, 0.6) is 5.75 Å². The molecule has 18 heavy (non-hydrogen) atoms. The second-order valence-electron chi connectivity index (χ2n) is 3.60. The van der Waals surface area contributed by atoms with Crippen molar-refractivity contribution >= 4 is 21.9 Å². The summed E-state index contributed by atoms with van der Waals surface area (Å²) in [5.41, 5.74) is 4.47. The van der Waals surface area contributed by atoms with Gasteiger partial charge in [0.25, 0.3) is 5.92 Å². The molecule has 1 aromatic rings. The number of carbonyl (C=O) groups is 1. The highest BCUT2D eigenvalue weighted by molar-refractivity contribution is 9.10. The summed E-state index contributed by atoms with van der Waals surface area (Å²) >= 11 is 2.85. The lowest BCUT2D eigenvalue weighted by Gasteiger charge is -2.23. The van der Waals surface area contributed by atoms with Crippen LogP contribution in [0.15, 0.2) is 16.6 Å². The molecule has 0 aliphatic carbocycles. The van der Waals surface area contributed by atoms with Gasteiger partial charge in [-0.1, -0.05) is 0 Å². The van der Waals surface area contributed by atoms with Crippen molar-refractivity contribution in [3.05, 3.63) is 27.7 Å². The second kappa shape index (κ2) is 5.17. The first-order valence-electron chi connectivity index (χ1n) is 4.70. The Hall–Kier alpha value is -1.25. The average molecular weight is 326 g/mol. The highest BCUT2D eigenvalue weighted by Crippen LogP contribution is 2.38. The third-order valence-corrected chi connectivity index (χ3v) is 2.95. The number of phenolic OH excluding ortho intramolecular Hbond substituents is 1. The number of benzene rings is 1. The molecule has 5 nitrogen and oxygen atoms in total. The summed E-state index contributed by atoms with van der Waals surface area (Å²) in [5.74, 6) is -5.61. The van der Waals surface area contributed by atoms with Gasteiger partial charge in [-0.3, -0.25) is 0 Å². The van der Waals surface area contributed by atoms with Gasteiger partial charge in [0.1, 0.15) is 18.4 Å². The average Bonchev–Trinajstić information content (AvgIpc) is 2.31. The van der Waals surface area contributed by atoms with E-state index in [-0.39, 0.29) is 10.0 Å². The number of carboxylic acid groups (broad SMARTS) is 1. The van der Waals surface area contributed by atoms with Crippen LogP contribution in [0, 0.1) is 0 Å². The number of aliphatic hydroxyl groups is 1. The van der Waals surface area contributed by atoms with Crippen molar-refractivity contribution in [1.82, 2.24) is 0 Å². The van der Waals surface area contributed by atoms with E-state index in [0.29, 0.717) is 0 Å². The van der Waals surface area contributed by atoms with E-state index in [2.05, 4.69) is 15.9 Å². The summed E-state index contributed by atoms with van der Waals surface area (Å²) in [6, 6.07) is -0.111. The molecule has 100 valence electrons. The smallest absolute Gasteiger partial charge is 0.335 e. The number of hydrogen-bond acceptors (Lipinski definition) is 4. The van der Waals surface area contributed by atoms with Gasteiger partial charge in [-0.05, 0) is 28.1 Å². The molecule has 0 heterocycles. The normalized spacial score (nSPS) is 13.4. The molecule has 1 atom stereocenters.